The van der Waals surface area contributed by atoms with Gasteiger partial charge in [0.15, 0.2) is 11.9 Å². The molecule has 0 spiro atoms. The number of hydrogen-bond donors (Lipinski definition) is 8. The summed E-state index contributed by atoms with van der Waals surface area (Å²) in [7, 11) is 0. The molecule has 0 fully saturated rings. The molecular formula is C18H26N8O4S. The summed E-state index contributed by atoms with van der Waals surface area (Å²) in [5.41, 5.74) is 33.0. The first-order valence-electron chi connectivity index (χ1n) is 8.82. The standard InChI is InChI=1S/C10H14N4O2.C8H12N4O2S/c11-7(9(15)16)5-6-3-1-2-4-8(6)14-10(12)13;9-5(7(13)14)3-4-1-2-6(15-4)12-8(10)11/h1-4,7H,5,11H2,(H,15,16)(H4,12,13,14);1-2,5H,3,9H2,(H,13,14)(H4,10,11,12). The van der Waals surface area contributed by atoms with Gasteiger partial charge in [-0.05, 0) is 23.8 Å². The number of carboxylic acid groups (broad SMARTS) is 2. The summed E-state index contributed by atoms with van der Waals surface area (Å²) in [6, 6.07) is 8.59. The summed E-state index contributed by atoms with van der Waals surface area (Å²) in [6.45, 7) is 0. The molecule has 2 aromatic rings. The van der Waals surface area contributed by atoms with E-state index >= 15 is 0 Å². The molecule has 0 aliphatic heterocycles. The monoisotopic (exact) mass is 450 g/mol. The first kappa shape index (κ1) is 25.4. The normalized spacial score (nSPS) is 11.9. The Hall–Kier alpha value is -3.68. The van der Waals surface area contributed by atoms with Gasteiger partial charge in [0.05, 0.1) is 5.69 Å². The van der Waals surface area contributed by atoms with Crippen LogP contribution in [0.4, 0.5) is 10.7 Å². The molecule has 0 radical (unpaired) electrons. The highest BCUT2D eigenvalue weighted by Gasteiger charge is 2.14. The summed E-state index contributed by atoms with van der Waals surface area (Å²) < 4.78 is 0. The second kappa shape index (κ2) is 12.1. The van der Waals surface area contributed by atoms with Crippen molar-refractivity contribution in [1.82, 2.24) is 0 Å². The van der Waals surface area contributed by atoms with E-state index in [1.807, 2.05) is 0 Å². The van der Waals surface area contributed by atoms with Gasteiger partial charge in [0.1, 0.15) is 17.1 Å². The molecule has 0 saturated heterocycles. The fourth-order valence-electron chi connectivity index (χ4n) is 2.22. The van der Waals surface area contributed by atoms with Crippen LogP contribution >= 0.6 is 11.3 Å². The highest BCUT2D eigenvalue weighted by Crippen LogP contribution is 2.25. The number of guanidine groups is 2. The van der Waals surface area contributed by atoms with E-state index in [1.165, 1.54) is 11.3 Å². The zero-order chi connectivity index (χ0) is 23.6. The highest BCUT2D eigenvalue weighted by molar-refractivity contribution is 7.15. The molecule has 0 aliphatic rings. The largest absolute Gasteiger partial charge is 0.480 e. The van der Waals surface area contributed by atoms with E-state index in [0.717, 1.165) is 4.88 Å². The van der Waals surface area contributed by atoms with Crippen LogP contribution in [-0.2, 0) is 22.4 Å². The first-order valence-corrected chi connectivity index (χ1v) is 9.63. The maximum Gasteiger partial charge on any atom is 0.320 e. The number of benzene rings is 1. The van der Waals surface area contributed by atoms with Crippen LogP contribution in [0.3, 0.4) is 0 Å². The van der Waals surface area contributed by atoms with E-state index in [1.54, 1.807) is 36.4 Å². The molecule has 13 heteroatoms. The highest BCUT2D eigenvalue weighted by atomic mass is 32.1. The van der Waals surface area contributed by atoms with Gasteiger partial charge in [-0.15, -0.1) is 11.3 Å². The molecule has 0 aliphatic carbocycles. The predicted molar refractivity (Wildman–Crippen MR) is 120 cm³/mol. The molecule has 168 valence electrons. The third kappa shape index (κ3) is 9.58. The molecule has 0 bridgehead atoms. The molecule has 2 unspecified atom stereocenters. The Balaban J connectivity index is 0.000000311. The molecule has 2 rings (SSSR count). The number of nitrogens with two attached hydrogens (primary N) is 6. The Labute approximate surface area is 182 Å². The summed E-state index contributed by atoms with van der Waals surface area (Å²) >= 11 is 1.32. The van der Waals surface area contributed by atoms with Crippen molar-refractivity contribution in [2.24, 2.45) is 44.4 Å². The summed E-state index contributed by atoms with van der Waals surface area (Å²) in [6.07, 6.45) is 0.461. The number of rotatable bonds is 8. The molecule has 1 aromatic heterocycles. The molecule has 2 atom stereocenters. The third-order valence-corrected chi connectivity index (χ3v) is 4.62. The number of hydrogen-bond acceptors (Lipinski definition) is 7. The molecule has 12 nitrogen and oxygen atoms in total. The lowest BCUT2D eigenvalue weighted by Gasteiger charge is -2.08. The minimum Gasteiger partial charge on any atom is -0.480 e. The number of carboxylic acids is 2. The van der Waals surface area contributed by atoms with Crippen molar-refractivity contribution < 1.29 is 19.8 Å². The molecule has 31 heavy (non-hydrogen) atoms. The van der Waals surface area contributed by atoms with Crippen LogP contribution in [-0.4, -0.2) is 46.2 Å². The van der Waals surface area contributed by atoms with E-state index in [-0.39, 0.29) is 24.8 Å². The van der Waals surface area contributed by atoms with Gasteiger partial charge in [-0.25, -0.2) is 9.98 Å². The fourth-order valence-corrected chi connectivity index (χ4v) is 3.18. The van der Waals surface area contributed by atoms with Crippen LogP contribution in [0.1, 0.15) is 10.4 Å². The quantitative estimate of drug-likeness (QED) is 0.182. The van der Waals surface area contributed by atoms with Crippen molar-refractivity contribution in [2.45, 2.75) is 24.9 Å². The minimum absolute atomic E-state index is 0.0223. The molecular weight excluding hydrogens is 424 g/mol. The van der Waals surface area contributed by atoms with Crippen LogP contribution in [0.5, 0.6) is 0 Å². The Morgan fingerprint density at radius 2 is 1.39 bits per heavy atom. The average molecular weight is 451 g/mol. The minimum atomic E-state index is -1.06. The van der Waals surface area contributed by atoms with Gasteiger partial charge in [0.25, 0.3) is 0 Å². The second-order valence-corrected chi connectivity index (χ2v) is 7.39. The smallest absolute Gasteiger partial charge is 0.320 e. The molecule has 1 aromatic carbocycles. The molecule has 14 N–H and O–H groups in total. The Kier molecular flexibility index (Phi) is 9.91. The van der Waals surface area contributed by atoms with E-state index in [9.17, 15) is 9.59 Å². The van der Waals surface area contributed by atoms with Gasteiger partial charge < -0.3 is 44.6 Å². The molecule has 1 heterocycles. The number of carbonyl (C=O) groups is 2. The van der Waals surface area contributed by atoms with Gasteiger partial charge in [-0.2, -0.15) is 0 Å². The average Bonchev–Trinajstić information content (AvgIpc) is 3.09. The lowest BCUT2D eigenvalue weighted by Crippen LogP contribution is -2.32. The number of aliphatic imine (C=N–C) groups is 2. The Morgan fingerprint density at radius 1 is 0.839 bits per heavy atom. The molecule has 0 saturated carbocycles. The second-order valence-electron chi connectivity index (χ2n) is 6.24. The number of thiophene rings is 1. The van der Waals surface area contributed by atoms with Gasteiger partial charge in [0, 0.05) is 17.7 Å². The lowest BCUT2D eigenvalue weighted by molar-refractivity contribution is -0.139. The van der Waals surface area contributed by atoms with Crippen LogP contribution in [0.15, 0.2) is 46.4 Å². The van der Waals surface area contributed by atoms with Crippen molar-refractivity contribution in [3.05, 3.63) is 46.8 Å². The molecule has 0 amide bonds. The van der Waals surface area contributed by atoms with E-state index < -0.39 is 24.0 Å². The van der Waals surface area contributed by atoms with Crippen molar-refractivity contribution in [3.63, 3.8) is 0 Å². The SMILES string of the molecule is NC(N)=Nc1ccc(CC(N)C(=O)O)s1.NC(N)=Nc1ccccc1CC(N)C(=O)O. The van der Waals surface area contributed by atoms with Crippen molar-refractivity contribution >= 4 is 45.9 Å². The predicted octanol–water partition coefficient (Wildman–Crippen LogP) is -0.847. The number of nitrogens with zero attached hydrogens (tertiary/aromatic N) is 2. The summed E-state index contributed by atoms with van der Waals surface area (Å²) in [5.74, 6) is -2.17. The fraction of sp³-hybridized carbons (Fsp3) is 0.222. The van der Waals surface area contributed by atoms with E-state index in [0.29, 0.717) is 16.3 Å². The van der Waals surface area contributed by atoms with Crippen molar-refractivity contribution in [2.75, 3.05) is 0 Å². The van der Waals surface area contributed by atoms with Gasteiger partial charge in [0.2, 0.25) is 0 Å². The number of para-hydroxylation sites is 1. The first-order chi connectivity index (χ1) is 14.5. The summed E-state index contributed by atoms with van der Waals surface area (Å²) in [4.78, 5) is 29.7. The van der Waals surface area contributed by atoms with Crippen LogP contribution in [0, 0.1) is 0 Å². The van der Waals surface area contributed by atoms with Gasteiger partial charge >= 0.3 is 11.9 Å². The zero-order valence-corrected chi connectivity index (χ0v) is 17.3. The van der Waals surface area contributed by atoms with Crippen LogP contribution < -0.4 is 34.4 Å². The van der Waals surface area contributed by atoms with Crippen molar-refractivity contribution in [1.29, 1.82) is 0 Å². The van der Waals surface area contributed by atoms with Gasteiger partial charge in [-0.3, -0.25) is 9.59 Å². The maximum absolute atomic E-state index is 10.6. The lowest BCUT2D eigenvalue weighted by atomic mass is 10.0. The van der Waals surface area contributed by atoms with Crippen LogP contribution in [0.25, 0.3) is 0 Å². The Bertz CT molecular complexity index is 952. The zero-order valence-electron chi connectivity index (χ0n) is 16.5. The van der Waals surface area contributed by atoms with Crippen molar-refractivity contribution in [3.8, 4) is 0 Å². The maximum atomic E-state index is 10.6. The van der Waals surface area contributed by atoms with Crippen LogP contribution in [0.2, 0.25) is 0 Å². The summed E-state index contributed by atoms with van der Waals surface area (Å²) in [5, 5.41) is 18.0. The third-order valence-electron chi connectivity index (χ3n) is 3.62. The van der Waals surface area contributed by atoms with Gasteiger partial charge in [-0.1, -0.05) is 18.2 Å². The Morgan fingerprint density at radius 3 is 1.94 bits per heavy atom. The topological polar surface area (TPSA) is 255 Å². The van der Waals surface area contributed by atoms with E-state index in [4.69, 9.17) is 44.6 Å². The van der Waals surface area contributed by atoms with E-state index in [2.05, 4.69) is 9.98 Å². The number of aliphatic carboxylic acids is 2.